The molecule has 0 radical (unpaired) electrons. The first-order valence-corrected chi connectivity index (χ1v) is 15.9. The maximum Gasteiger partial charge on any atom is 0.330 e. The fraction of sp³-hybridized carbons (Fsp3) is 0.609. The Morgan fingerprint density at radius 1 is 1.03 bits per heavy atom. The van der Waals surface area contributed by atoms with Crippen molar-refractivity contribution in [1.29, 1.82) is 0 Å². The van der Waals surface area contributed by atoms with E-state index in [9.17, 15) is 4.79 Å². The van der Waals surface area contributed by atoms with Gasteiger partial charge >= 0.3 is 5.97 Å². The van der Waals surface area contributed by atoms with Gasteiger partial charge in [-0.05, 0) is 66.9 Å². The van der Waals surface area contributed by atoms with E-state index in [2.05, 4.69) is 67.7 Å². The van der Waals surface area contributed by atoms with Crippen molar-refractivity contribution in [2.45, 2.75) is 84.7 Å². The molecule has 0 aliphatic carbocycles. The minimum atomic E-state index is -2.40. The highest BCUT2D eigenvalue weighted by atomic mass is 28.4. The van der Waals surface area contributed by atoms with Gasteiger partial charge in [0, 0.05) is 6.08 Å². The van der Waals surface area contributed by atoms with Crippen molar-refractivity contribution >= 4 is 28.7 Å². The number of benzene rings is 1. The molecule has 0 saturated carbocycles. The number of hydrogen-bond donors (Lipinski definition) is 0. The molecule has 29 heavy (non-hydrogen) atoms. The molecule has 4 nitrogen and oxygen atoms in total. The summed E-state index contributed by atoms with van der Waals surface area (Å²) in [6.07, 6.45) is 1.03. The van der Waals surface area contributed by atoms with Crippen LogP contribution in [0.4, 0.5) is 0 Å². The summed E-state index contributed by atoms with van der Waals surface area (Å²) in [6, 6.07) is 1.20. The van der Waals surface area contributed by atoms with E-state index in [1.54, 1.807) is 6.92 Å². The van der Waals surface area contributed by atoms with E-state index >= 15 is 0 Å². The lowest BCUT2D eigenvalue weighted by molar-refractivity contribution is -0.137. The summed E-state index contributed by atoms with van der Waals surface area (Å²) in [5, 5.41) is -0.255. The molecule has 0 atom stereocenters. The Kier molecular flexibility index (Phi) is 6.49. The molecule has 0 aliphatic rings. The zero-order valence-electron chi connectivity index (χ0n) is 23.0. The zero-order valence-corrected chi connectivity index (χ0v) is 22.0. The molecule has 0 amide bonds. The number of esters is 1. The van der Waals surface area contributed by atoms with E-state index < -0.39 is 22.6 Å². The molecule has 0 spiro atoms. The van der Waals surface area contributed by atoms with Gasteiger partial charge in [0.05, 0.1) is 10.7 Å². The molecular weight excluding hydrogens is 396 g/mol. The third-order valence-corrected chi connectivity index (χ3v) is 14.4. The van der Waals surface area contributed by atoms with Gasteiger partial charge in [0.2, 0.25) is 0 Å². The highest BCUT2D eigenvalue weighted by molar-refractivity contribution is 6.75. The molecule has 0 N–H and O–H groups in total. The highest BCUT2D eigenvalue weighted by Crippen LogP contribution is 2.43. The average molecular weight is 440 g/mol. The lowest BCUT2D eigenvalue weighted by Crippen LogP contribution is -2.45. The van der Waals surface area contributed by atoms with Crippen LogP contribution in [-0.4, -0.2) is 29.2 Å². The van der Waals surface area contributed by atoms with Gasteiger partial charge in [-0.25, -0.2) is 4.79 Å². The van der Waals surface area contributed by atoms with Gasteiger partial charge in [-0.3, -0.25) is 0 Å². The predicted octanol–water partition coefficient (Wildman–Crippen LogP) is 7.03. The molecule has 1 aromatic rings. The fourth-order valence-electron chi connectivity index (χ4n) is 1.78. The van der Waals surface area contributed by atoms with Crippen LogP contribution in [0.2, 0.25) is 36.3 Å². The van der Waals surface area contributed by atoms with Gasteiger partial charge in [-0.15, -0.1) is 0 Å². The second-order valence-corrected chi connectivity index (χ2v) is 19.7. The molecule has 0 bridgehead atoms. The van der Waals surface area contributed by atoms with Crippen molar-refractivity contribution in [3.05, 3.63) is 29.8 Å². The second-order valence-electron chi connectivity index (χ2n) is 10.3. The lowest BCUT2D eigenvalue weighted by Gasteiger charge is -2.39. The summed E-state index contributed by atoms with van der Waals surface area (Å²) in [7, 11) is -4.73. The van der Waals surface area contributed by atoms with Crippen LogP contribution in [0, 0.1) is 0 Å². The Labute approximate surface area is 184 Å². The number of ether oxygens (including phenoxy) is 1. The largest absolute Gasteiger partial charge is 0.541 e. The first-order chi connectivity index (χ1) is 14.2. The summed E-state index contributed by atoms with van der Waals surface area (Å²) in [6.45, 7) is 22.8. The third kappa shape index (κ3) is 7.03. The number of carbonyl (C=O) groups excluding carboxylic acids is 1. The molecule has 0 aromatic heterocycles. The molecule has 0 heterocycles. The Morgan fingerprint density at radius 2 is 1.52 bits per heavy atom. The maximum absolute atomic E-state index is 11.9. The summed E-state index contributed by atoms with van der Waals surface area (Å²) < 4.78 is 43.8. The zero-order chi connectivity index (χ0) is 25.3. The number of rotatable bonds is 7. The van der Waals surface area contributed by atoms with Gasteiger partial charge in [-0.1, -0.05) is 47.6 Å². The first-order valence-electron chi connectivity index (χ1n) is 11.6. The molecule has 1 rings (SSSR count). The molecule has 164 valence electrons. The second kappa shape index (κ2) is 9.08. The van der Waals surface area contributed by atoms with E-state index in [1.165, 1.54) is 6.07 Å². The van der Waals surface area contributed by atoms with E-state index in [1.807, 2.05) is 0 Å². The van der Waals surface area contributed by atoms with Gasteiger partial charge in [-0.2, -0.15) is 0 Å². The fourth-order valence-corrected chi connectivity index (χ4v) is 3.71. The molecule has 1 aromatic carbocycles. The summed E-state index contributed by atoms with van der Waals surface area (Å²) in [5.41, 5.74) is 0.138. The van der Waals surface area contributed by atoms with E-state index in [-0.39, 0.29) is 51.9 Å². The van der Waals surface area contributed by atoms with Crippen LogP contribution in [0.1, 0.15) is 58.1 Å². The predicted molar refractivity (Wildman–Crippen MR) is 128 cm³/mol. The summed E-state index contributed by atoms with van der Waals surface area (Å²) >= 11 is 0. The van der Waals surface area contributed by atoms with Crippen molar-refractivity contribution in [2.75, 3.05) is 6.61 Å². The molecule has 6 heteroatoms. The SMILES string of the molecule is [2H]/C(=C\C(=O)OCC)c1cc([2H])c(O[Si](C)(C)C(C)(C)C)c(O[Si](C)(C)C(C)(C)C)c1[2H]. The lowest BCUT2D eigenvalue weighted by atomic mass is 10.2. The van der Waals surface area contributed by atoms with Crippen LogP contribution in [0.5, 0.6) is 11.5 Å². The van der Waals surface area contributed by atoms with Crippen molar-refractivity contribution in [3.8, 4) is 11.5 Å². The third-order valence-electron chi connectivity index (χ3n) is 5.76. The Bertz CT molecular complexity index is 883. The molecule has 0 unspecified atom stereocenters. The van der Waals surface area contributed by atoms with Crippen LogP contribution in [0.3, 0.4) is 0 Å². The van der Waals surface area contributed by atoms with E-state index in [0.29, 0.717) is 0 Å². The van der Waals surface area contributed by atoms with Crippen LogP contribution >= 0.6 is 0 Å². The summed E-state index contributed by atoms with van der Waals surface area (Å²) in [4.78, 5) is 11.9. The van der Waals surface area contributed by atoms with Gasteiger partial charge in [0.25, 0.3) is 16.6 Å². The topological polar surface area (TPSA) is 44.8 Å². The van der Waals surface area contributed by atoms with Gasteiger partial charge in [0.15, 0.2) is 0 Å². The van der Waals surface area contributed by atoms with Crippen LogP contribution in [0.25, 0.3) is 6.05 Å². The van der Waals surface area contributed by atoms with Crippen molar-refractivity contribution in [1.82, 2.24) is 0 Å². The quantitative estimate of drug-likeness (QED) is 0.260. The Morgan fingerprint density at radius 3 is 1.97 bits per heavy atom. The van der Waals surface area contributed by atoms with E-state index in [4.69, 9.17) is 17.7 Å². The maximum atomic E-state index is 11.9. The molecule has 0 aliphatic heterocycles. The van der Waals surface area contributed by atoms with Crippen LogP contribution < -0.4 is 8.85 Å². The average Bonchev–Trinajstić information content (AvgIpc) is 2.58. The smallest absolute Gasteiger partial charge is 0.330 e. The van der Waals surface area contributed by atoms with Crippen LogP contribution in [0.15, 0.2) is 24.2 Å². The van der Waals surface area contributed by atoms with E-state index in [0.717, 1.165) is 6.08 Å². The Balaban J connectivity index is 3.77. The standard InChI is InChI=1S/C23H40O4Si2/c1-12-25-21(24)16-14-18-13-15-19(26-28(8,9)22(2,3)4)20(17-18)27-29(10,11)23(5,6)7/h13-17H,12H2,1-11H3/b16-14+/i14D,15D,17D. The monoisotopic (exact) mass is 439 g/mol. The molecular formula is C23H40O4Si2. The molecule has 0 fully saturated rings. The normalized spacial score (nSPS) is 15.3. The number of hydrogen-bond acceptors (Lipinski definition) is 4. The number of carbonyl (C=O) groups is 1. The minimum absolute atomic E-state index is 0.0385. The van der Waals surface area contributed by atoms with Gasteiger partial charge < -0.3 is 13.6 Å². The highest BCUT2D eigenvalue weighted by Gasteiger charge is 2.42. The van der Waals surface area contributed by atoms with Crippen molar-refractivity contribution in [2.24, 2.45) is 0 Å². The molecule has 0 saturated heterocycles. The summed E-state index contributed by atoms with van der Waals surface area (Å²) in [5.74, 6) is -0.220. The van der Waals surface area contributed by atoms with Crippen molar-refractivity contribution < 1.29 is 22.5 Å². The van der Waals surface area contributed by atoms with Gasteiger partial charge in [0.1, 0.15) is 11.5 Å². The first kappa shape index (κ1) is 20.7. The van der Waals surface area contributed by atoms with Crippen molar-refractivity contribution in [3.63, 3.8) is 0 Å². The minimum Gasteiger partial charge on any atom is -0.541 e. The Hall–Kier alpha value is -1.54. The van der Waals surface area contributed by atoms with Crippen LogP contribution in [-0.2, 0) is 9.53 Å².